The highest BCUT2D eigenvalue weighted by Crippen LogP contribution is 2.11. The molecule has 5 N–H and O–H groups in total. The topological polar surface area (TPSA) is 102 Å². The maximum absolute atomic E-state index is 13.1. The van der Waals surface area contributed by atoms with Crippen LogP contribution < -0.4 is 11.5 Å². The predicted octanol–water partition coefficient (Wildman–Crippen LogP) is 1.64. The molecule has 0 saturated heterocycles. The van der Waals surface area contributed by atoms with Gasteiger partial charge in [-0.3, -0.25) is 9.79 Å². The molecule has 0 radical (unpaired) electrons. The minimum absolute atomic E-state index is 0. The summed E-state index contributed by atoms with van der Waals surface area (Å²) in [7, 11) is 0. The van der Waals surface area contributed by atoms with E-state index < -0.39 is 17.3 Å². The van der Waals surface area contributed by atoms with E-state index in [1.165, 1.54) is 13.0 Å². The smallest absolute Gasteiger partial charge is 0.323 e. The van der Waals surface area contributed by atoms with Crippen molar-refractivity contribution in [2.24, 2.45) is 16.5 Å². The molecule has 0 fully saturated rings. The van der Waals surface area contributed by atoms with Crippen LogP contribution in [-0.2, 0) is 4.79 Å². The van der Waals surface area contributed by atoms with Gasteiger partial charge in [0.05, 0.1) is 11.7 Å². The molecule has 18 heavy (non-hydrogen) atoms. The second kappa shape index (κ2) is 10.1. The summed E-state index contributed by atoms with van der Waals surface area (Å²) in [4.78, 5) is 14.4. The summed E-state index contributed by atoms with van der Waals surface area (Å²) in [6.07, 6.45) is 1.22. The molecular formula is C10H20Cl2FN3O2. The number of nitrogens with two attached hydrogens (primary N) is 2. The highest BCUT2D eigenvalue weighted by atomic mass is 35.5. The summed E-state index contributed by atoms with van der Waals surface area (Å²) in [5, 5.41) is 8.69. The van der Waals surface area contributed by atoms with Crippen LogP contribution in [0.15, 0.2) is 16.9 Å². The Balaban J connectivity index is -0.00000112. The first kappa shape index (κ1) is 22.3. The molecule has 1 atom stereocenters. The van der Waals surface area contributed by atoms with Gasteiger partial charge in [0.2, 0.25) is 0 Å². The summed E-state index contributed by atoms with van der Waals surface area (Å²) in [5.74, 6) is -1.20. The van der Waals surface area contributed by atoms with Gasteiger partial charge in [-0.25, -0.2) is 4.39 Å². The Morgan fingerprint density at radius 1 is 1.50 bits per heavy atom. The molecule has 0 amide bonds. The molecule has 8 heteroatoms. The molecule has 0 aliphatic carbocycles. The average Bonchev–Trinajstić information content (AvgIpc) is 2.14. The Morgan fingerprint density at radius 3 is 2.39 bits per heavy atom. The molecule has 0 spiro atoms. The van der Waals surface area contributed by atoms with E-state index in [9.17, 15) is 9.18 Å². The second-order valence-corrected chi connectivity index (χ2v) is 3.85. The van der Waals surface area contributed by atoms with Crippen molar-refractivity contribution in [3.8, 4) is 0 Å². The predicted molar refractivity (Wildman–Crippen MR) is 75.3 cm³/mol. The van der Waals surface area contributed by atoms with E-state index in [2.05, 4.69) is 4.99 Å². The maximum Gasteiger partial charge on any atom is 0.323 e. The molecule has 0 aromatic rings. The van der Waals surface area contributed by atoms with Crippen molar-refractivity contribution < 1.29 is 14.3 Å². The van der Waals surface area contributed by atoms with Gasteiger partial charge in [0, 0.05) is 13.0 Å². The van der Waals surface area contributed by atoms with Crippen molar-refractivity contribution in [1.82, 2.24) is 0 Å². The van der Waals surface area contributed by atoms with Gasteiger partial charge < -0.3 is 16.6 Å². The van der Waals surface area contributed by atoms with Crippen molar-refractivity contribution in [2.45, 2.75) is 32.2 Å². The molecule has 0 saturated carbocycles. The van der Waals surface area contributed by atoms with Crippen LogP contribution in [0.25, 0.3) is 0 Å². The molecule has 108 valence electrons. The van der Waals surface area contributed by atoms with Crippen LogP contribution in [0.4, 0.5) is 4.39 Å². The molecule has 0 aliphatic heterocycles. The van der Waals surface area contributed by atoms with E-state index in [0.717, 1.165) is 0 Å². The van der Waals surface area contributed by atoms with Crippen LogP contribution in [0.1, 0.15) is 26.7 Å². The molecule has 1 unspecified atom stereocenters. The number of carboxylic acids is 1. The lowest BCUT2D eigenvalue weighted by Gasteiger charge is -2.16. The van der Waals surface area contributed by atoms with Crippen molar-refractivity contribution >= 4 is 36.6 Å². The number of hydrogen-bond acceptors (Lipinski definition) is 3. The molecule has 0 aliphatic rings. The van der Waals surface area contributed by atoms with Crippen molar-refractivity contribution in [3.63, 3.8) is 0 Å². The number of rotatable bonds is 6. The third kappa shape index (κ3) is 10.3. The van der Waals surface area contributed by atoms with Crippen molar-refractivity contribution in [2.75, 3.05) is 6.54 Å². The third-order valence-corrected chi connectivity index (χ3v) is 1.95. The van der Waals surface area contributed by atoms with Gasteiger partial charge in [-0.15, -0.1) is 24.8 Å². The van der Waals surface area contributed by atoms with E-state index in [0.29, 0.717) is 5.84 Å². The number of hydrogen-bond donors (Lipinski definition) is 3. The lowest BCUT2D eigenvalue weighted by atomic mass is 9.99. The van der Waals surface area contributed by atoms with Crippen LogP contribution in [0.5, 0.6) is 0 Å². The molecule has 0 heterocycles. The zero-order valence-electron chi connectivity index (χ0n) is 10.4. The average molecular weight is 304 g/mol. The number of carbonyl (C=O) groups is 1. The minimum atomic E-state index is -1.44. The molecule has 0 aromatic heterocycles. The maximum atomic E-state index is 13.1. The molecule has 0 aromatic carbocycles. The Hall–Kier alpha value is -0.850. The number of halogens is 3. The lowest BCUT2D eigenvalue weighted by molar-refractivity contribution is -0.142. The fourth-order valence-corrected chi connectivity index (χ4v) is 0.851. The van der Waals surface area contributed by atoms with Crippen LogP contribution in [0.2, 0.25) is 0 Å². The first-order valence-corrected chi connectivity index (χ1v) is 4.89. The fraction of sp³-hybridized carbons (Fsp3) is 0.600. The third-order valence-electron chi connectivity index (χ3n) is 1.95. The van der Waals surface area contributed by atoms with E-state index in [1.54, 1.807) is 6.92 Å². The standard InChI is InChI=1S/C10H18FN3O2.2ClH/c1-7(12)14-6-4-8(11)3-5-10(2,13)9(15)16;;/h3H,4-6,13H2,1-2H3,(H2,12,14)(H,15,16);2*1H/b8-3-;;. The van der Waals surface area contributed by atoms with E-state index in [-0.39, 0.29) is 44.2 Å². The summed E-state index contributed by atoms with van der Waals surface area (Å²) in [6.45, 7) is 3.20. The van der Waals surface area contributed by atoms with Gasteiger partial charge in [-0.1, -0.05) is 6.08 Å². The van der Waals surface area contributed by atoms with E-state index in [4.69, 9.17) is 16.6 Å². The van der Waals surface area contributed by atoms with Crippen LogP contribution >= 0.6 is 24.8 Å². The number of amidine groups is 1. The molecule has 0 rings (SSSR count). The quantitative estimate of drug-likeness (QED) is 0.513. The van der Waals surface area contributed by atoms with Gasteiger partial charge in [-0.05, 0) is 20.3 Å². The molecule has 5 nitrogen and oxygen atoms in total. The Kier molecular flexibility index (Phi) is 12.5. The SMILES string of the molecule is CC(N)=NCC/C(F)=C/CC(C)(N)C(=O)O.Cl.Cl. The fourth-order valence-electron chi connectivity index (χ4n) is 0.851. The van der Waals surface area contributed by atoms with Gasteiger partial charge in [0.15, 0.2) is 0 Å². The van der Waals surface area contributed by atoms with E-state index in [1.807, 2.05) is 0 Å². The molecular weight excluding hydrogens is 284 g/mol. The number of carboxylic acid groups (broad SMARTS) is 1. The minimum Gasteiger partial charge on any atom is -0.480 e. The largest absolute Gasteiger partial charge is 0.480 e. The highest BCUT2D eigenvalue weighted by molar-refractivity contribution is 5.85. The number of aliphatic imine (C=N–C) groups is 1. The van der Waals surface area contributed by atoms with E-state index >= 15 is 0 Å². The van der Waals surface area contributed by atoms with Crippen LogP contribution in [0, 0.1) is 0 Å². The summed E-state index contributed by atoms with van der Waals surface area (Å²) in [6, 6.07) is 0. The van der Waals surface area contributed by atoms with Crippen LogP contribution in [0.3, 0.4) is 0 Å². The van der Waals surface area contributed by atoms with Gasteiger partial charge in [0.25, 0.3) is 0 Å². The van der Waals surface area contributed by atoms with Crippen molar-refractivity contribution in [1.29, 1.82) is 0 Å². The zero-order chi connectivity index (χ0) is 12.8. The first-order valence-electron chi connectivity index (χ1n) is 4.89. The second-order valence-electron chi connectivity index (χ2n) is 3.85. The Morgan fingerprint density at radius 2 is 2.00 bits per heavy atom. The number of aliphatic carboxylic acids is 1. The lowest BCUT2D eigenvalue weighted by Crippen LogP contribution is -2.44. The summed E-state index contributed by atoms with van der Waals surface area (Å²) in [5.41, 5.74) is 9.26. The van der Waals surface area contributed by atoms with Crippen LogP contribution in [-0.4, -0.2) is 29.0 Å². The first-order chi connectivity index (χ1) is 7.25. The molecule has 0 bridgehead atoms. The Bertz CT molecular complexity index is 316. The van der Waals surface area contributed by atoms with Gasteiger partial charge in [0.1, 0.15) is 5.54 Å². The van der Waals surface area contributed by atoms with Gasteiger partial charge >= 0.3 is 5.97 Å². The van der Waals surface area contributed by atoms with Gasteiger partial charge in [-0.2, -0.15) is 0 Å². The normalized spacial score (nSPS) is 15.1. The number of nitrogens with zero attached hydrogens (tertiary/aromatic N) is 1. The highest BCUT2D eigenvalue weighted by Gasteiger charge is 2.26. The Labute approximate surface area is 118 Å². The zero-order valence-corrected chi connectivity index (χ0v) is 12.0. The summed E-state index contributed by atoms with van der Waals surface area (Å²) < 4.78 is 13.1. The summed E-state index contributed by atoms with van der Waals surface area (Å²) >= 11 is 0. The van der Waals surface area contributed by atoms with Crippen molar-refractivity contribution in [3.05, 3.63) is 11.9 Å². The monoisotopic (exact) mass is 303 g/mol.